The van der Waals surface area contributed by atoms with E-state index in [4.69, 9.17) is 5.73 Å². The second-order valence-electron chi connectivity index (χ2n) is 4.19. The number of methoxy groups -OCH3 is 1. The fourth-order valence-corrected chi connectivity index (χ4v) is 1.91. The molecule has 1 saturated heterocycles. The summed E-state index contributed by atoms with van der Waals surface area (Å²) in [6, 6.07) is 3.14. The van der Waals surface area contributed by atoms with Gasteiger partial charge in [0.15, 0.2) is 11.5 Å². The minimum Gasteiger partial charge on any atom is -0.464 e. The number of ether oxygens (including phenoxy) is 1. The SMILES string of the molecule is COC(=O)c1ccc(N)c(N2CCNC(=O)CC2)n1. The summed E-state index contributed by atoms with van der Waals surface area (Å²) in [7, 11) is 1.30. The van der Waals surface area contributed by atoms with E-state index in [1.54, 1.807) is 6.07 Å². The number of nitrogens with one attached hydrogen (secondary N) is 1. The van der Waals surface area contributed by atoms with Crippen LogP contribution in [0.2, 0.25) is 0 Å². The van der Waals surface area contributed by atoms with Crippen LogP contribution in [0.4, 0.5) is 11.5 Å². The van der Waals surface area contributed by atoms with Crippen LogP contribution in [0.15, 0.2) is 12.1 Å². The average Bonchev–Trinajstić information content (AvgIpc) is 2.63. The average molecular weight is 264 g/mol. The fraction of sp³-hybridized carbons (Fsp3) is 0.417. The van der Waals surface area contributed by atoms with Crippen LogP contribution in [0.3, 0.4) is 0 Å². The first kappa shape index (κ1) is 13.1. The van der Waals surface area contributed by atoms with Crippen LogP contribution in [0, 0.1) is 0 Å². The summed E-state index contributed by atoms with van der Waals surface area (Å²) < 4.78 is 4.63. The van der Waals surface area contributed by atoms with E-state index in [-0.39, 0.29) is 11.6 Å². The van der Waals surface area contributed by atoms with Crippen molar-refractivity contribution in [3.05, 3.63) is 17.8 Å². The molecule has 0 bridgehead atoms. The maximum atomic E-state index is 11.5. The Hall–Kier alpha value is -2.31. The van der Waals surface area contributed by atoms with Gasteiger partial charge in [0.2, 0.25) is 5.91 Å². The van der Waals surface area contributed by atoms with E-state index in [0.29, 0.717) is 37.6 Å². The molecule has 3 N–H and O–H groups in total. The van der Waals surface area contributed by atoms with Crippen LogP contribution in [0.1, 0.15) is 16.9 Å². The maximum Gasteiger partial charge on any atom is 0.356 e. The van der Waals surface area contributed by atoms with Crippen LogP contribution in [-0.2, 0) is 9.53 Å². The van der Waals surface area contributed by atoms with Crippen molar-refractivity contribution in [2.24, 2.45) is 0 Å². The lowest BCUT2D eigenvalue weighted by Crippen LogP contribution is -2.30. The molecule has 0 saturated carbocycles. The van der Waals surface area contributed by atoms with Gasteiger partial charge < -0.3 is 20.7 Å². The molecule has 102 valence electrons. The Labute approximate surface area is 110 Å². The standard InChI is InChI=1S/C12H16N4O3/c1-19-12(18)9-3-2-8(13)11(15-9)16-6-4-10(17)14-5-7-16/h2-3H,4-7,13H2,1H3,(H,14,17). The van der Waals surface area contributed by atoms with E-state index in [0.717, 1.165) is 0 Å². The molecule has 1 aliphatic heterocycles. The van der Waals surface area contributed by atoms with Crippen molar-refractivity contribution in [1.82, 2.24) is 10.3 Å². The number of nitrogens with zero attached hydrogens (tertiary/aromatic N) is 2. The Morgan fingerprint density at radius 3 is 3.00 bits per heavy atom. The number of carbonyl (C=O) groups is 2. The van der Waals surface area contributed by atoms with Gasteiger partial charge in [-0.1, -0.05) is 0 Å². The number of pyridine rings is 1. The number of anilines is 2. The Morgan fingerprint density at radius 1 is 1.47 bits per heavy atom. The van der Waals surface area contributed by atoms with Gasteiger partial charge in [0.25, 0.3) is 0 Å². The van der Waals surface area contributed by atoms with Crippen LogP contribution < -0.4 is 16.0 Å². The molecule has 0 aromatic carbocycles. The molecule has 19 heavy (non-hydrogen) atoms. The van der Waals surface area contributed by atoms with Gasteiger partial charge >= 0.3 is 5.97 Å². The molecule has 0 atom stereocenters. The van der Waals surface area contributed by atoms with E-state index in [1.165, 1.54) is 13.2 Å². The zero-order valence-electron chi connectivity index (χ0n) is 10.7. The quantitative estimate of drug-likeness (QED) is 0.716. The summed E-state index contributed by atoms with van der Waals surface area (Å²) in [4.78, 5) is 28.9. The number of nitrogens with two attached hydrogens (primary N) is 1. The summed E-state index contributed by atoms with van der Waals surface area (Å²) >= 11 is 0. The van der Waals surface area contributed by atoms with Gasteiger partial charge in [-0.15, -0.1) is 0 Å². The van der Waals surface area contributed by atoms with E-state index in [2.05, 4.69) is 15.0 Å². The molecule has 1 amide bonds. The number of rotatable bonds is 2. The third-order valence-corrected chi connectivity index (χ3v) is 2.91. The predicted octanol–water partition coefficient (Wildman–Crippen LogP) is -0.223. The Bertz CT molecular complexity index is 504. The minimum atomic E-state index is -0.509. The number of aromatic nitrogens is 1. The molecule has 7 nitrogen and oxygen atoms in total. The molecule has 1 aromatic heterocycles. The molecule has 2 rings (SSSR count). The normalized spacial score (nSPS) is 15.6. The lowest BCUT2D eigenvalue weighted by molar-refractivity contribution is -0.120. The number of amides is 1. The fourth-order valence-electron chi connectivity index (χ4n) is 1.91. The molecule has 0 spiro atoms. The molecule has 7 heteroatoms. The van der Waals surface area contributed by atoms with Gasteiger partial charge in [-0.25, -0.2) is 9.78 Å². The number of esters is 1. The van der Waals surface area contributed by atoms with Crippen molar-refractivity contribution in [1.29, 1.82) is 0 Å². The van der Waals surface area contributed by atoms with E-state index >= 15 is 0 Å². The second-order valence-corrected chi connectivity index (χ2v) is 4.19. The molecule has 1 fully saturated rings. The predicted molar refractivity (Wildman–Crippen MR) is 69.8 cm³/mol. The first-order valence-electron chi connectivity index (χ1n) is 5.98. The summed E-state index contributed by atoms with van der Waals surface area (Å²) in [5.41, 5.74) is 6.56. The van der Waals surface area contributed by atoms with Gasteiger partial charge in [-0.2, -0.15) is 0 Å². The lowest BCUT2D eigenvalue weighted by Gasteiger charge is -2.22. The first-order chi connectivity index (χ1) is 9.11. The smallest absolute Gasteiger partial charge is 0.356 e. The highest BCUT2D eigenvalue weighted by Crippen LogP contribution is 2.21. The zero-order chi connectivity index (χ0) is 13.8. The monoisotopic (exact) mass is 264 g/mol. The summed E-state index contributed by atoms with van der Waals surface area (Å²) in [5, 5.41) is 2.77. The Balaban J connectivity index is 2.27. The summed E-state index contributed by atoms with van der Waals surface area (Å²) in [6.07, 6.45) is 0.379. The highest BCUT2D eigenvalue weighted by Gasteiger charge is 2.19. The van der Waals surface area contributed by atoms with Crippen molar-refractivity contribution < 1.29 is 14.3 Å². The summed E-state index contributed by atoms with van der Waals surface area (Å²) in [5.74, 6) is 0.00914. The van der Waals surface area contributed by atoms with Gasteiger partial charge in [0.1, 0.15) is 0 Å². The van der Waals surface area contributed by atoms with Crippen LogP contribution in [-0.4, -0.2) is 43.6 Å². The zero-order valence-corrected chi connectivity index (χ0v) is 10.7. The second kappa shape index (κ2) is 5.55. The van der Waals surface area contributed by atoms with Gasteiger partial charge in [-0.05, 0) is 12.1 Å². The number of hydrogen-bond acceptors (Lipinski definition) is 6. The maximum absolute atomic E-state index is 11.5. The van der Waals surface area contributed by atoms with Gasteiger partial charge in [0.05, 0.1) is 12.8 Å². The van der Waals surface area contributed by atoms with Crippen LogP contribution >= 0.6 is 0 Å². The van der Waals surface area contributed by atoms with Crippen molar-refractivity contribution in [2.45, 2.75) is 6.42 Å². The molecule has 0 unspecified atom stereocenters. The van der Waals surface area contributed by atoms with E-state index < -0.39 is 5.97 Å². The minimum absolute atomic E-state index is 0.00481. The number of nitrogen functional groups attached to an aromatic ring is 1. The van der Waals surface area contributed by atoms with Crippen molar-refractivity contribution in [3.63, 3.8) is 0 Å². The van der Waals surface area contributed by atoms with Crippen LogP contribution in [0.5, 0.6) is 0 Å². The third-order valence-electron chi connectivity index (χ3n) is 2.91. The number of hydrogen-bond donors (Lipinski definition) is 2. The third kappa shape index (κ3) is 2.93. The van der Waals surface area contributed by atoms with E-state index in [9.17, 15) is 9.59 Å². The van der Waals surface area contributed by atoms with Crippen molar-refractivity contribution in [2.75, 3.05) is 37.4 Å². The largest absolute Gasteiger partial charge is 0.464 e. The van der Waals surface area contributed by atoms with Gasteiger partial charge in [0, 0.05) is 26.1 Å². The van der Waals surface area contributed by atoms with Gasteiger partial charge in [-0.3, -0.25) is 4.79 Å². The molecular formula is C12H16N4O3. The Kier molecular flexibility index (Phi) is 3.84. The van der Waals surface area contributed by atoms with Crippen molar-refractivity contribution in [3.8, 4) is 0 Å². The van der Waals surface area contributed by atoms with E-state index in [1.807, 2.05) is 4.90 Å². The lowest BCUT2D eigenvalue weighted by atomic mass is 10.3. The first-order valence-corrected chi connectivity index (χ1v) is 5.98. The molecule has 1 aliphatic rings. The molecular weight excluding hydrogens is 248 g/mol. The summed E-state index contributed by atoms with van der Waals surface area (Å²) in [6.45, 7) is 1.66. The number of carbonyl (C=O) groups excluding carboxylic acids is 2. The topological polar surface area (TPSA) is 97.5 Å². The highest BCUT2D eigenvalue weighted by molar-refractivity contribution is 5.88. The Morgan fingerprint density at radius 2 is 2.26 bits per heavy atom. The molecule has 1 aromatic rings. The highest BCUT2D eigenvalue weighted by atomic mass is 16.5. The molecule has 0 aliphatic carbocycles. The molecule has 2 heterocycles. The van der Waals surface area contributed by atoms with Crippen LogP contribution in [0.25, 0.3) is 0 Å². The molecule has 0 radical (unpaired) electrons. The van der Waals surface area contributed by atoms with Crippen molar-refractivity contribution >= 4 is 23.4 Å².